The van der Waals surface area contributed by atoms with Crippen LogP contribution in [0.4, 0.5) is 5.69 Å². The third kappa shape index (κ3) is 5.28. The lowest BCUT2D eigenvalue weighted by molar-refractivity contribution is -0.122. The first kappa shape index (κ1) is 23.6. The van der Waals surface area contributed by atoms with Crippen molar-refractivity contribution in [3.05, 3.63) is 77.6 Å². The number of aliphatic hydroxyl groups is 2. The predicted octanol–water partition coefficient (Wildman–Crippen LogP) is 1.38. The Morgan fingerprint density at radius 1 is 1.06 bits per heavy atom. The molecule has 184 valence electrons. The van der Waals surface area contributed by atoms with E-state index >= 15 is 0 Å². The SMILES string of the molecule is CN(Cc1ccccc1)Cc1cn(CC2OC(CC(=O)N3CCc4ccccc43)C(O)C2O)nn1. The summed E-state index contributed by atoms with van der Waals surface area (Å²) >= 11 is 0. The second-order valence-electron chi connectivity index (χ2n) is 9.41. The highest BCUT2D eigenvalue weighted by atomic mass is 16.5. The molecule has 9 heteroatoms. The molecule has 1 aromatic heterocycles. The van der Waals surface area contributed by atoms with Gasteiger partial charge in [-0.3, -0.25) is 9.69 Å². The van der Waals surface area contributed by atoms with E-state index in [1.54, 1.807) is 9.58 Å². The van der Waals surface area contributed by atoms with Crippen molar-refractivity contribution in [2.75, 3.05) is 18.5 Å². The van der Waals surface area contributed by atoms with E-state index in [0.717, 1.165) is 29.9 Å². The maximum absolute atomic E-state index is 12.9. The molecule has 2 aliphatic rings. The molecule has 0 saturated carbocycles. The molecule has 4 atom stereocenters. The molecular formula is C26H31N5O4. The molecule has 0 radical (unpaired) electrons. The van der Waals surface area contributed by atoms with Gasteiger partial charge in [0.25, 0.3) is 0 Å². The van der Waals surface area contributed by atoms with Crippen molar-refractivity contribution in [3.63, 3.8) is 0 Å². The second kappa shape index (κ2) is 10.2. The quantitative estimate of drug-likeness (QED) is 0.505. The van der Waals surface area contributed by atoms with Crippen LogP contribution in [-0.4, -0.2) is 74.0 Å². The maximum Gasteiger partial charge on any atom is 0.229 e. The van der Waals surface area contributed by atoms with Crippen LogP contribution >= 0.6 is 0 Å². The molecule has 1 fully saturated rings. The normalized spacial score (nSPS) is 23.7. The summed E-state index contributed by atoms with van der Waals surface area (Å²) in [4.78, 5) is 16.8. The van der Waals surface area contributed by atoms with Crippen LogP contribution in [0, 0.1) is 0 Å². The second-order valence-corrected chi connectivity index (χ2v) is 9.41. The molecule has 0 spiro atoms. The number of amides is 1. The van der Waals surface area contributed by atoms with Crippen LogP contribution in [0.1, 0.15) is 23.2 Å². The summed E-state index contributed by atoms with van der Waals surface area (Å²) in [6, 6.07) is 18.0. The van der Waals surface area contributed by atoms with E-state index in [1.165, 1.54) is 5.56 Å². The molecule has 1 amide bonds. The van der Waals surface area contributed by atoms with Gasteiger partial charge in [0.1, 0.15) is 18.3 Å². The van der Waals surface area contributed by atoms with E-state index in [1.807, 2.05) is 55.7 Å². The molecule has 9 nitrogen and oxygen atoms in total. The maximum atomic E-state index is 12.9. The lowest BCUT2D eigenvalue weighted by atomic mass is 10.0. The van der Waals surface area contributed by atoms with Crippen molar-refractivity contribution in [2.24, 2.45) is 0 Å². The minimum atomic E-state index is -1.14. The lowest BCUT2D eigenvalue weighted by Gasteiger charge is -2.21. The fourth-order valence-electron chi connectivity index (χ4n) is 4.94. The van der Waals surface area contributed by atoms with Crippen molar-refractivity contribution in [2.45, 2.75) is 56.9 Å². The minimum absolute atomic E-state index is 0.00987. The van der Waals surface area contributed by atoms with Gasteiger partial charge in [-0.2, -0.15) is 0 Å². The third-order valence-corrected chi connectivity index (χ3v) is 6.71. The summed E-state index contributed by atoms with van der Waals surface area (Å²) in [5.74, 6) is -0.114. The number of hydrogen-bond acceptors (Lipinski definition) is 7. The van der Waals surface area contributed by atoms with Gasteiger partial charge in [-0.15, -0.1) is 5.10 Å². The fourth-order valence-corrected chi connectivity index (χ4v) is 4.94. The van der Waals surface area contributed by atoms with Gasteiger partial charge in [-0.05, 0) is 30.7 Å². The summed E-state index contributed by atoms with van der Waals surface area (Å²) in [6.45, 7) is 2.28. The molecule has 4 unspecified atom stereocenters. The number of benzene rings is 2. The molecule has 3 aromatic rings. The van der Waals surface area contributed by atoms with Gasteiger partial charge in [-0.25, -0.2) is 4.68 Å². The van der Waals surface area contributed by atoms with Crippen LogP contribution in [0.15, 0.2) is 60.8 Å². The Hall–Kier alpha value is -3.11. The number of ether oxygens (including phenoxy) is 1. The van der Waals surface area contributed by atoms with Crippen molar-refractivity contribution in [1.82, 2.24) is 19.9 Å². The Morgan fingerprint density at radius 3 is 2.63 bits per heavy atom. The van der Waals surface area contributed by atoms with Crippen molar-refractivity contribution >= 4 is 11.6 Å². The van der Waals surface area contributed by atoms with Crippen LogP contribution in [0.2, 0.25) is 0 Å². The van der Waals surface area contributed by atoms with Crippen LogP contribution in [0.25, 0.3) is 0 Å². The Kier molecular flexibility index (Phi) is 6.92. The first-order valence-corrected chi connectivity index (χ1v) is 12.0. The number of rotatable bonds is 8. The van der Waals surface area contributed by atoms with Crippen molar-refractivity contribution in [3.8, 4) is 0 Å². The standard InChI is InChI=1S/C26H31N5O4/c1-29(14-18-7-3-2-4-8-18)15-20-16-30(28-27-20)17-23-26(34)25(33)22(35-23)13-24(32)31-12-11-19-9-5-6-10-21(19)31/h2-10,16,22-23,25-26,33-34H,11-15,17H2,1H3. The Bertz CT molecular complexity index is 1150. The van der Waals surface area contributed by atoms with Gasteiger partial charge >= 0.3 is 0 Å². The van der Waals surface area contributed by atoms with E-state index in [2.05, 4.69) is 27.3 Å². The average Bonchev–Trinajstić information content (AvgIpc) is 3.55. The lowest BCUT2D eigenvalue weighted by Crippen LogP contribution is -2.37. The Labute approximate surface area is 204 Å². The number of carbonyl (C=O) groups is 1. The number of para-hydroxylation sites is 1. The van der Waals surface area contributed by atoms with E-state index in [9.17, 15) is 15.0 Å². The zero-order chi connectivity index (χ0) is 24.4. The van der Waals surface area contributed by atoms with E-state index < -0.39 is 24.4 Å². The first-order valence-electron chi connectivity index (χ1n) is 12.0. The predicted molar refractivity (Wildman–Crippen MR) is 129 cm³/mol. The number of fused-ring (bicyclic) bond motifs is 1. The highest BCUT2D eigenvalue weighted by Gasteiger charge is 2.44. The third-order valence-electron chi connectivity index (χ3n) is 6.71. The highest BCUT2D eigenvalue weighted by Crippen LogP contribution is 2.30. The van der Waals surface area contributed by atoms with E-state index in [0.29, 0.717) is 13.1 Å². The van der Waals surface area contributed by atoms with Gasteiger partial charge < -0.3 is 19.8 Å². The van der Waals surface area contributed by atoms with Gasteiger partial charge in [0.15, 0.2) is 0 Å². The van der Waals surface area contributed by atoms with Crippen LogP contribution in [0.3, 0.4) is 0 Å². The zero-order valence-electron chi connectivity index (χ0n) is 19.8. The summed E-state index contributed by atoms with van der Waals surface area (Å²) in [5.41, 5.74) is 4.07. The van der Waals surface area contributed by atoms with E-state index in [4.69, 9.17) is 4.74 Å². The first-order chi connectivity index (χ1) is 17.0. The number of aliphatic hydroxyl groups excluding tert-OH is 2. The fraction of sp³-hybridized carbons (Fsp3) is 0.423. The highest BCUT2D eigenvalue weighted by molar-refractivity contribution is 5.95. The number of aromatic nitrogens is 3. The summed E-state index contributed by atoms with van der Waals surface area (Å²) < 4.78 is 7.55. The zero-order valence-corrected chi connectivity index (χ0v) is 19.8. The number of carbonyl (C=O) groups excluding carboxylic acids is 1. The Balaban J connectivity index is 1.15. The largest absolute Gasteiger partial charge is 0.388 e. The molecule has 5 rings (SSSR count). The molecule has 2 N–H and O–H groups in total. The van der Waals surface area contributed by atoms with Gasteiger partial charge in [0.05, 0.1) is 24.8 Å². The molecule has 2 aliphatic heterocycles. The van der Waals surface area contributed by atoms with Crippen LogP contribution < -0.4 is 4.90 Å². The molecular weight excluding hydrogens is 446 g/mol. The minimum Gasteiger partial charge on any atom is -0.388 e. The number of anilines is 1. The summed E-state index contributed by atoms with van der Waals surface area (Å²) in [5, 5.41) is 29.5. The molecule has 1 saturated heterocycles. The van der Waals surface area contributed by atoms with Crippen LogP contribution in [0.5, 0.6) is 0 Å². The molecule has 2 aromatic carbocycles. The number of hydrogen-bond donors (Lipinski definition) is 2. The van der Waals surface area contributed by atoms with Gasteiger partial charge in [0, 0.05) is 31.5 Å². The Morgan fingerprint density at radius 2 is 1.80 bits per heavy atom. The van der Waals surface area contributed by atoms with E-state index in [-0.39, 0.29) is 18.9 Å². The summed E-state index contributed by atoms with van der Waals surface area (Å²) in [6.07, 6.45) is -1.04. The monoisotopic (exact) mass is 477 g/mol. The van der Waals surface area contributed by atoms with Crippen LogP contribution in [-0.2, 0) is 35.6 Å². The summed E-state index contributed by atoms with van der Waals surface area (Å²) in [7, 11) is 2.02. The average molecular weight is 478 g/mol. The van der Waals surface area contributed by atoms with Crippen molar-refractivity contribution < 1.29 is 19.7 Å². The molecule has 0 bridgehead atoms. The smallest absolute Gasteiger partial charge is 0.229 e. The molecule has 35 heavy (non-hydrogen) atoms. The van der Waals surface area contributed by atoms with Gasteiger partial charge in [0.2, 0.25) is 5.91 Å². The van der Waals surface area contributed by atoms with Crippen molar-refractivity contribution in [1.29, 1.82) is 0 Å². The topological polar surface area (TPSA) is 104 Å². The molecule has 0 aliphatic carbocycles. The van der Waals surface area contributed by atoms with Gasteiger partial charge in [-0.1, -0.05) is 53.7 Å². The molecule has 3 heterocycles. The number of nitrogens with zero attached hydrogens (tertiary/aromatic N) is 5.